The fraction of sp³-hybridized carbons (Fsp3) is 0.667. The van der Waals surface area contributed by atoms with Gasteiger partial charge in [0.25, 0.3) is 5.91 Å². The molecule has 164 valence electrons. The van der Waals surface area contributed by atoms with Gasteiger partial charge in [-0.25, -0.2) is 0 Å². The third-order valence-corrected chi connectivity index (χ3v) is 4.70. The molecule has 0 saturated carbocycles. The van der Waals surface area contributed by atoms with E-state index in [1.54, 1.807) is 18.2 Å². The second kappa shape index (κ2) is 14.2. The molecule has 0 unspecified atom stereocenters. The number of nitrogens with one attached hydrogen (secondary N) is 2. The molecule has 0 heterocycles. The first-order valence-electron chi connectivity index (χ1n) is 10.3. The van der Waals surface area contributed by atoms with Crippen molar-refractivity contribution >= 4 is 5.91 Å². The zero-order chi connectivity index (χ0) is 21.6. The lowest BCUT2D eigenvalue weighted by molar-refractivity contribution is -0.148. The van der Waals surface area contributed by atoms with Gasteiger partial charge in [-0.15, -0.1) is 0 Å². The Hall–Kier alpha value is -1.80. The standard InChI is InChI=1S/C21H34N2O6/c1-2-3-4-5-6-7-12-22-13-15-8-10-16(11-9-15)23-21(29)20(28)19(27)18(26)17(25)14-24/h8,10-11,17-20,22,24-28H,2-7,9,12,14H2,1H3/p+1/t17-,18+,19+,20-/m1/s1. The van der Waals surface area contributed by atoms with Crippen molar-refractivity contribution in [3.8, 4) is 0 Å². The van der Waals surface area contributed by atoms with Gasteiger partial charge in [-0.05, 0) is 6.42 Å². The van der Waals surface area contributed by atoms with E-state index in [0.717, 1.165) is 18.5 Å². The van der Waals surface area contributed by atoms with Crippen molar-refractivity contribution in [1.82, 2.24) is 10.6 Å². The zero-order valence-electron chi connectivity index (χ0n) is 17.0. The maximum atomic E-state index is 12.0. The van der Waals surface area contributed by atoms with Crippen molar-refractivity contribution in [3.63, 3.8) is 0 Å². The summed E-state index contributed by atoms with van der Waals surface area (Å²) in [6.07, 6.45) is 8.83. The molecule has 0 spiro atoms. The number of rotatable bonds is 14. The van der Waals surface area contributed by atoms with E-state index in [2.05, 4.69) is 23.8 Å². The number of amides is 1. The first-order chi connectivity index (χ1) is 13.9. The van der Waals surface area contributed by atoms with E-state index in [1.807, 2.05) is 0 Å². The van der Waals surface area contributed by atoms with Crippen LogP contribution in [0.1, 0.15) is 51.9 Å². The first kappa shape index (κ1) is 25.2. The number of hydrogen-bond donors (Lipinski definition) is 7. The normalized spacial score (nSPS) is 19.1. The van der Waals surface area contributed by atoms with Gasteiger partial charge in [-0.3, -0.25) is 10.1 Å². The fourth-order valence-electron chi connectivity index (χ4n) is 2.80. The van der Waals surface area contributed by atoms with Gasteiger partial charge in [-0.2, -0.15) is 0 Å². The fourth-order valence-corrected chi connectivity index (χ4v) is 2.80. The van der Waals surface area contributed by atoms with Crippen LogP contribution in [0.5, 0.6) is 0 Å². The highest BCUT2D eigenvalue weighted by molar-refractivity contribution is 5.83. The van der Waals surface area contributed by atoms with Gasteiger partial charge >= 0.3 is 0 Å². The summed E-state index contributed by atoms with van der Waals surface area (Å²) in [6.45, 7) is 2.26. The summed E-state index contributed by atoms with van der Waals surface area (Å²) in [6, 6.07) is 0. The van der Waals surface area contributed by atoms with Gasteiger partial charge in [0.15, 0.2) is 17.9 Å². The SMILES string of the molecule is CCCCCCCCN[C+]=C1C=CC(NC(=O)[C@H](O)[C@@H](O)[C@@H](O)[C@H](O)CO)=CC1. The molecule has 0 aromatic heterocycles. The molecule has 1 rings (SSSR count). The summed E-state index contributed by atoms with van der Waals surface area (Å²) < 4.78 is 0. The molecule has 8 nitrogen and oxygen atoms in total. The topological polar surface area (TPSA) is 142 Å². The molecular formula is C21H35N2O6+. The summed E-state index contributed by atoms with van der Waals surface area (Å²) >= 11 is 0. The summed E-state index contributed by atoms with van der Waals surface area (Å²) in [5.74, 6) is -0.921. The van der Waals surface area contributed by atoms with Crippen molar-refractivity contribution in [2.45, 2.75) is 76.3 Å². The number of aliphatic hydroxyl groups excluding tert-OH is 5. The van der Waals surface area contributed by atoms with Crippen molar-refractivity contribution in [3.05, 3.63) is 35.7 Å². The van der Waals surface area contributed by atoms with E-state index in [-0.39, 0.29) is 0 Å². The van der Waals surface area contributed by atoms with Crippen molar-refractivity contribution in [2.75, 3.05) is 13.2 Å². The van der Waals surface area contributed by atoms with Gasteiger partial charge in [0.05, 0.1) is 18.4 Å². The van der Waals surface area contributed by atoms with Crippen LogP contribution in [0, 0.1) is 6.20 Å². The Labute approximate surface area is 172 Å². The Morgan fingerprint density at radius 3 is 2.38 bits per heavy atom. The Balaban J connectivity index is 2.34. The minimum Gasteiger partial charge on any atom is -0.394 e. The maximum absolute atomic E-state index is 12.0. The van der Waals surface area contributed by atoms with Crippen LogP contribution in [0.2, 0.25) is 0 Å². The molecule has 0 aromatic rings. The molecule has 0 bridgehead atoms. The van der Waals surface area contributed by atoms with Crippen LogP contribution in [0.25, 0.3) is 0 Å². The average Bonchev–Trinajstić information content (AvgIpc) is 2.74. The number of carbonyl (C=O) groups is 1. The lowest BCUT2D eigenvalue weighted by Gasteiger charge is -2.25. The Morgan fingerprint density at radius 2 is 1.76 bits per heavy atom. The molecule has 8 heteroatoms. The lowest BCUT2D eigenvalue weighted by Crippen LogP contribution is -2.51. The second-order valence-electron chi connectivity index (χ2n) is 7.21. The molecule has 4 atom stereocenters. The Bertz CT molecular complexity index is 576. The lowest BCUT2D eigenvalue weighted by atomic mass is 10.0. The van der Waals surface area contributed by atoms with E-state index >= 15 is 0 Å². The predicted octanol–water partition coefficient (Wildman–Crippen LogP) is 0.0195. The quantitative estimate of drug-likeness (QED) is 0.121. The van der Waals surface area contributed by atoms with Crippen LogP contribution in [0.15, 0.2) is 29.5 Å². The van der Waals surface area contributed by atoms with Crippen molar-refractivity contribution in [1.29, 1.82) is 0 Å². The molecule has 0 radical (unpaired) electrons. The molecular weight excluding hydrogens is 376 g/mol. The van der Waals surface area contributed by atoms with Crippen molar-refractivity contribution in [2.24, 2.45) is 0 Å². The highest BCUT2D eigenvalue weighted by Gasteiger charge is 2.34. The van der Waals surface area contributed by atoms with E-state index in [1.165, 1.54) is 32.1 Å². The van der Waals surface area contributed by atoms with Crippen LogP contribution in [-0.4, -0.2) is 69.0 Å². The number of allylic oxidation sites excluding steroid dienone is 4. The minimum absolute atomic E-state index is 0.444. The van der Waals surface area contributed by atoms with Gasteiger partial charge in [0.1, 0.15) is 18.3 Å². The molecule has 7 N–H and O–H groups in total. The van der Waals surface area contributed by atoms with E-state index in [9.17, 15) is 25.2 Å². The largest absolute Gasteiger partial charge is 0.394 e. The molecule has 0 aliphatic heterocycles. The summed E-state index contributed by atoms with van der Waals surface area (Å²) in [4.78, 5) is 12.0. The molecule has 29 heavy (non-hydrogen) atoms. The number of unbranched alkanes of at least 4 members (excludes halogenated alkanes) is 5. The van der Waals surface area contributed by atoms with Crippen LogP contribution >= 0.6 is 0 Å². The smallest absolute Gasteiger partial charge is 0.256 e. The van der Waals surface area contributed by atoms with E-state index in [4.69, 9.17) is 5.11 Å². The highest BCUT2D eigenvalue weighted by Crippen LogP contribution is 2.14. The Morgan fingerprint density at radius 1 is 1.07 bits per heavy atom. The first-order valence-corrected chi connectivity index (χ1v) is 10.3. The number of carbonyl (C=O) groups excluding carboxylic acids is 1. The molecule has 1 aliphatic carbocycles. The minimum atomic E-state index is -1.96. The van der Waals surface area contributed by atoms with Crippen LogP contribution in [-0.2, 0) is 4.79 Å². The number of hydrogen-bond acceptors (Lipinski definition) is 7. The molecule has 1 aliphatic rings. The maximum Gasteiger partial charge on any atom is 0.256 e. The average molecular weight is 412 g/mol. The number of aliphatic hydroxyl groups is 5. The molecule has 0 fully saturated rings. The van der Waals surface area contributed by atoms with E-state index < -0.39 is 36.9 Å². The Kier molecular flexibility index (Phi) is 12.4. The molecule has 0 aromatic carbocycles. The van der Waals surface area contributed by atoms with Gasteiger partial charge in [0, 0.05) is 19.0 Å². The van der Waals surface area contributed by atoms with Crippen LogP contribution in [0.4, 0.5) is 0 Å². The summed E-state index contributed by atoms with van der Waals surface area (Å²) in [5, 5.41) is 52.8. The van der Waals surface area contributed by atoms with Gasteiger partial charge in [-0.1, -0.05) is 45.1 Å². The molecule has 0 saturated heterocycles. The monoisotopic (exact) mass is 411 g/mol. The van der Waals surface area contributed by atoms with E-state index in [0.29, 0.717) is 12.1 Å². The predicted molar refractivity (Wildman–Crippen MR) is 109 cm³/mol. The summed E-state index contributed by atoms with van der Waals surface area (Å²) in [7, 11) is 0. The third kappa shape index (κ3) is 9.49. The van der Waals surface area contributed by atoms with Gasteiger partial charge in [0.2, 0.25) is 0 Å². The van der Waals surface area contributed by atoms with Crippen LogP contribution < -0.4 is 10.6 Å². The second-order valence-corrected chi connectivity index (χ2v) is 7.21. The molecule has 1 amide bonds. The van der Waals surface area contributed by atoms with Crippen LogP contribution in [0.3, 0.4) is 0 Å². The van der Waals surface area contributed by atoms with Gasteiger partial charge < -0.3 is 30.8 Å². The third-order valence-electron chi connectivity index (χ3n) is 4.70. The van der Waals surface area contributed by atoms with Crippen molar-refractivity contribution < 1.29 is 30.3 Å². The zero-order valence-corrected chi connectivity index (χ0v) is 17.0. The summed E-state index contributed by atoms with van der Waals surface area (Å²) in [5.41, 5.74) is 1.37. The highest BCUT2D eigenvalue weighted by atomic mass is 16.4.